The second-order valence-corrected chi connectivity index (χ2v) is 3.47. The van der Waals surface area contributed by atoms with Crippen molar-refractivity contribution in [2.24, 2.45) is 10.4 Å². The second kappa shape index (κ2) is 3.99. The number of hydrogen-bond acceptors (Lipinski definition) is 2. The van der Waals surface area contributed by atoms with E-state index >= 15 is 0 Å². The summed E-state index contributed by atoms with van der Waals surface area (Å²) in [5.41, 5.74) is -0.301. The van der Waals surface area contributed by atoms with E-state index in [4.69, 9.17) is 5.41 Å². The van der Waals surface area contributed by atoms with E-state index in [1.54, 1.807) is 0 Å². The van der Waals surface area contributed by atoms with E-state index in [1.807, 2.05) is 20.8 Å². The Bertz CT molecular complexity index is 213. The van der Waals surface area contributed by atoms with Crippen LogP contribution in [0.4, 0.5) is 0 Å². The Balaban J connectivity index is 4.19. The summed E-state index contributed by atoms with van der Waals surface area (Å²) in [6.45, 7) is 5.61. The minimum absolute atomic E-state index is 0.200. The summed E-state index contributed by atoms with van der Waals surface area (Å²) in [5.74, 6) is -0.0879. The first kappa shape index (κ1) is 10.8. The number of hydrogen-bond donors (Lipinski definition) is 2. The van der Waals surface area contributed by atoms with E-state index in [-0.39, 0.29) is 17.2 Å². The molecular weight excluding hydrogens is 154 g/mol. The molecule has 2 N–H and O–H groups in total. The summed E-state index contributed by atoms with van der Waals surface area (Å²) in [6.07, 6.45) is 1.12. The molecule has 0 aliphatic rings. The van der Waals surface area contributed by atoms with Crippen LogP contribution in [0.15, 0.2) is 4.99 Å². The van der Waals surface area contributed by atoms with E-state index in [1.165, 1.54) is 7.05 Å². The maximum Gasteiger partial charge on any atom is 0.262 e. The predicted molar refractivity (Wildman–Crippen MR) is 49.7 cm³/mol. The topological polar surface area (TPSA) is 65.3 Å². The fourth-order valence-corrected chi connectivity index (χ4v) is 0.381. The standard InChI is InChI=1S/C8H15N3O/c1-8(2,3)7(9)11-5-6(12)10-4/h5,9H,1-4H3,(H,10,12)/b9-7?,11-5+. The smallest absolute Gasteiger partial charge is 0.262 e. The molecule has 0 aliphatic carbocycles. The normalized spacial score (nSPS) is 11.7. The van der Waals surface area contributed by atoms with Crippen molar-refractivity contribution in [1.29, 1.82) is 5.41 Å². The number of nitrogens with zero attached hydrogens (tertiary/aromatic N) is 1. The number of carbonyl (C=O) groups is 1. The van der Waals surface area contributed by atoms with Crippen LogP contribution in [-0.2, 0) is 4.79 Å². The Kier molecular flexibility index (Phi) is 3.60. The molecule has 0 fully saturated rings. The van der Waals surface area contributed by atoms with Crippen molar-refractivity contribution >= 4 is 18.0 Å². The van der Waals surface area contributed by atoms with Crippen molar-refractivity contribution in [2.75, 3.05) is 7.05 Å². The lowest BCUT2D eigenvalue weighted by Crippen LogP contribution is -2.22. The number of amides is 1. The van der Waals surface area contributed by atoms with Gasteiger partial charge in [-0.05, 0) is 0 Å². The van der Waals surface area contributed by atoms with Crippen molar-refractivity contribution in [2.45, 2.75) is 20.8 Å². The molecule has 68 valence electrons. The molecule has 12 heavy (non-hydrogen) atoms. The lowest BCUT2D eigenvalue weighted by molar-refractivity contribution is -0.113. The Hall–Kier alpha value is -1.19. The zero-order valence-electron chi connectivity index (χ0n) is 7.93. The highest BCUT2D eigenvalue weighted by atomic mass is 16.1. The first-order valence-electron chi connectivity index (χ1n) is 3.72. The van der Waals surface area contributed by atoms with Crippen molar-refractivity contribution in [3.63, 3.8) is 0 Å². The molecule has 0 spiro atoms. The van der Waals surface area contributed by atoms with Crippen molar-refractivity contribution in [3.05, 3.63) is 0 Å². The van der Waals surface area contributed by atoms with E-state index < -0.39 is 0 Å². The molecule has 0 saturated heterocycles. The summed E-state index contributed by atoms with van der Waals surface area (Å²) in [7, 11) is 1.52. The maximum atomic E-state index is 10.7. The number of nitrogens with one attached hydrogen (secondary N) is 2. The van der Waals surface area contributed by atoms with E-state index in [2.05, 4.69) is 10.3 Å². The Labute approximate surface area is 72.6 Å². The van der Waals surface area contributed by atoms with Gasteiger partial charge in [0.05, 0.1) is 6.21 Å². The van der Waals surface area contributed by atoms with Crippen molar-refractivity contribution in [3.8, 4) is 0 Å². The third kappa shape index (κ3) is 3.85. The number of aliphatic imine (C=N–C) groups is 1. The van der Waals surface area contributed by atoms with Crippen LogP contribution in [0, 0.1) is 10.8 Å². The minimum Gasteiger partial charge on any atom is -0.354 e. The Morgan fingerprint density at radius 3 is 2.33 bits per heavy atom. The highest BCUT2D eigenvalue weighted by Crippen LogP contribution is 2.14. The molecule has 0 bridgehead atoms. The monoisotopic (exact) mass is 169 g/mol. The summed E-state index contributed by atoms with van der Waals surface area (Å²) >= 11 is 0. The minimum atomic E-state index is -0.301. The first-order chi connectivity index (χ1) is 5.38. The lowest BCUT2D eigenvalue weighted by Gasteiger charge is -2.14. The maximum absolute atomic E-state index is 10.7. The van der Waals surface area contributed by atoms with Gasteiger partial charge in [-0.15, -0.1) is 0 Å². The molecule has 0 radical (unpaired) electrons. The summed E-state index contributed by atoms with van der Waals surface area (Å²) in [6, 6.07) is 0. The van der Waals surface area contributed by atoms with Gasteiger partial charge in [0.1, 0.15) is 5.84 Å². The van der Waals surface area contributed by atoms with Crippen molar-refractivity contribution < 1.29 is 4.79 Å². The van der Waals surface area contributed by atoms with Gasteiger partial charge < -0.3 is 5.32 Å². The van der Waals surface area contributed by atoms with Crippen LogP contribution in [0.5, 0.6) is 0 Å². The molecule has 0 aromatic carbocycles. The van der Waals surface area contributed by atoms with Crippen LogP contribution in [0.1, 0.15) is 20.8 Å². The van der Waals surface area contributed by atoms with E-state index in [0.717, 1.165) is 6.21 Å². The van der Waals surface area contributed by atoms with Gasteiger partial charge in [-0.3, -0.25) is 10.2 Å². The molecule has 0 aromatic heterocycles. The summed E-state index contributed by atoms with van der Waals surface area (Å²) in [5, 5.41) is 9.82. The molecule has 0 saturated carbocycles. The number of carbonyl (C=O) groups excluding carboxylic acids is 1. The van der Waals surface area contributed by atoms with Crippen LogP contribution in [0.25, 0.3) is 0 Å². The molecule has 0 heterocycles. The molecule has 0 aliphatic heterocycles. The van der Waals surface area contributed by atoms with Gasteiger partial charge in [0, 0.05) is 12.5 Å². The molecule has 4 nitrogen and oxygen atoms in total. The van der Waals surface area contributed by atoms with Gasteiger partial charge in [0.2, 0.25) is 0 Å². The average Bonchev–Trinajstić information content (AvgIpc) is 1.97. The third-order valence-corrected chi connectivity index (χ3v) is 1.27. The van der Waals surface area contributed by atoms with Crippen molar-refractivity contribution in [1.82, 2.24) is 5.32 Å². The summed E-state index contributed by atoms with van der Waals surface area (Å²) < 4.78 is 0. The fourth-order valence-electron chi connectivity index (χ4n) is 0.381. The molecule has 4 heteroatoms. The second-order valence-electron chi connectivity index (χ2n) is 3.47. The first-order valence-corrected chi connectivity index (χ1v) is 3.72. The van der Waals surface area contributed by atoms with Gasteiger partial charge in [-0.1, -0.05) is 20.8 Å². The quantitative estimate of drug-likeness (QED) is 0.443. The van der Waals surface area contributed by atoms with E-state index in [0.29, 0.717) is 0 Å². The fraction of sp³-hybridized carbons (Fsp3) is 0.625. The van der Waals surface area contributed by atoms with Crippen LogP contribution < -0.4 is 5.32 Å². The van der Waals surface area contributed by atoms with E-state index in [9.17, 15) is 4.79 Å². The zero-order valence-corrected chi connectivity index (χ0v) is 7.93. The number of rotatable bonds is 1. The van der Waals surface area contributed by atoms with Crippen LogP contribution in [0.2, 0.25) is 0 Å². The molecule has 1 amide bonds. The predicted octanol–water partition coefficient (Wildman–Crippen LogP) is 0.827. The van der Waals surface area contributed by atoms with Gasteiger partial charge in [-0.25, -0.2) is 4.99 Å². The SMILES string of the molecule is CNC(=O)/C=N/C(=N)C(C)(C)C. The van der Waals surface area contributed by atoms with Gasteiger partial charge in [0.15, 0.2) is 0 Å². The van der Waals surface area contributed by atoms with Gasteiger partial charge in [-0.2, -0.15) is 0 Å². The largest absolute Gasteiger partial charge is 0.354 e. The molecule has 0 unspecified atom stereocenters. The van der Waals surface area contributed by atoms with Gasteiger partial charge >= 0.3 is 0 Å². The average molecular weight is 169 g/mol. The molecule has 0 rings (SSSR count). The summed E-state index contributed by atoms with van der Waals surface area (Å²) in [4.78, 5) is 14.4. The molecule has 0 aromatic rings. The Morgan fingerprint density at radius 1 is 1.50 bits per heavy atom. The highest BCUT2D eigenvalue weighted by Gasteiger charge is 2.15. The Morgan fingerprint density at radius 2 is 2.00 bits per heavy atom. The van der Waals surface area contributed by atoms with Crippen LogP contribution >= 0.6 is 0 Å². The number of amidine groups is 1. The van der Waals surface area contributed by atoms with Gasteiger partial charge in [0.25, 0.3) is 5.91 Å². The van der Waals surface area contributed by atoms with Crippen LogP contribution in [-0.4, -0.2) is 25.0 Å². The van der Waals surface area contributed by atoms with Crippen LogP contribution in [0.3, 0.4) is 0 Å². The highest BCUT2D eigenvalue weighted by molar-refractivity contribution is 6.28. The zero-order chi connectivity index (χ0) is 9.78. The lowest BCUT2D eigenvalue weighted by atomic mass is 9.95. The molecular formula is C8H15N3O. The molecule has 0 atom stereocenters. The third-order valence-electron chi connectivity index (χ3n) is 1.27.